The Kier molecular flexibility index (Phi) is 7.64. The summed E-state index contributed by atoms with van der Waals surface area (Å²) in [4.78, 5) is 23.0. The van der Waals surface area contributed by atoms with Gasteiger partial charge in [-0.15, -0.1) is 0 Å². The van der Waals surface area contributed by atoms with Gasteiger partial charge >= 0.3 is 0 Å². The van der Waals surface area contributed by atoms with Crippen LogP contribution in [0.3, 0.4) is 0 Å². The zero-order chi connectivity index (χ0) is 24.9. The number of carbonyl (C=O) groups is 1. The maximum Gasteiger partial charge on any atom is 0.270 e. The molecule has 34 heavy (non-hydrogen) atoms. The molecule has 0 aliphatic carbocycles. The van der Waals surface area contributed by atoms with Gasteiger partial charge in [0.1, 0.15) is 6.54 Å². The molecule has 0 spiro atoms. The smallest absolute Gasteiger partial charge is 0.270 e. The standard InChI is InChI=1S/C23H21ClN4O5S/c1-16-3-7-19(8-4-16)27(34(32,33)21-10-5-17(2)6-11-21)15-23(29)26-25-14-18-13-20(28(30)31)9-12-22(18)24/h3-14H,15H2,1-2H3,(H,26,29)/b25-14-. The van der Waals surface area contributed by atoms with Crippen molar-refractivity contribution in [3.63, 3.8) is 0 Å². The van der Waals surface area contributed by atoms with Crippen molar-refractivity contribution in [3.8, 4) is 0 Å². The number of halogens is 1. The number of hydrogen-bond donors (Lipinski definition) is 1. The highest BCUT2D eigenvalue weighted by Crippen LogP contribution is 2.24. The number of aryl methyl sites for hydroxylation is 2. The number of nitro benzene ring substituents is 1. The highest BCUT2D eigenvalue weighted by molar-refractivity contribution is 7.92. The second-order valence-corrected chi connectivity index (χ2v) is 9.69. The molecule has 3 rings (SSSR count). The van der Waals surface area contributed by atoms with Gasteiger partial charge < -0.3 is 0 Å². The number of benzene rings is 3. The normalized spacial score (nSPS) is 11.4. The summed E-state index contributed by atoms with van der Waals surface area (Å²) in [6.07, 6.45) is 1.15. The number of hydrazone groups is 1. The van der Waals surface area contributed by atoms with Crippen LogP contribution in [0.1, 0.15) is 16.7 Å². The first kappa shape index (κ1) is 24.9. The Morgan fingerprint density at radius 3 is 2.24 bits per heavy atom. The van der Waals surface area contributed by atoms with Crippen LogP contribution in [-0.2, 0) is 14.8 Å². The van der Waals surface area contributed by atoms with Crippen LogP contribution in [0.5, 0.6) is 0 Å². The molecule has 0 unspecified atom stereocenters. The third kappa shape index (κ3) is 5.97. The van der Waals surface area contributed by atoms with Crippen LogP contribution in [0.25, 0.3) is 0 Å². The van der Waals surface area contributed by atoms with Crippen molar-refractivity contribution < 1.29 is 18.1 Å². The SMILES string of the molecule is Cc1ccc(N(CC(=O)N/N=C\c2cc([N+](=O)[O-])ccc2Cl)S(=O)(=O)c2ccc(C)cc2)cc1. The lowest BCUT2D eigenvalue weighted by molar-refractivity contribution is -0.384. The van der Waals surface area contributed by atoms with Crippen LogP contribution in [0, 0.1) is 24.0 Å². The predicted molar refractivity (Wildman–Crippen MR) is 131 cm³/mol. The van der Waals surface area contributed by atoms with Gasteiger partial charge in [-0.25, -0.2) is 13.8 Å². The van der Waals surface area contributed by atoms with Crippen molar-refractivity contribution in [2.45, 2.75) is 18.7 Å². The Labute approximate surface area is 201 Å². The molecule has 11 heteroatoms. The van der Waals surface area contributed by atoms with Crippen molar-refractivity contribution in [1.29, 1.82) is 0 Å². The van der Waals surface area contributed by atoms with Gasteiger partial charge in [0.25, 0.3) is 21.6 Å². The van der Waals surface area contributed by atoms with E-state index in [1.165, 1.54) is 30.3 Å². The third-order valence-corrected chi connectivity index (χ3v) is 6.93. The number of nitrogens with one attached hydrogen (secondary N) is 1. The summed E-state index contributed by atoms with van der Waals surface area (Å²) in [5.41, 5.74) is 4.42. The fraction of sp³-hybridized carbons (Fsp3) is 0.130. The van der Waals surface area contributed by atoms with Crippen molar-refractivity contribution in [3.05, 3.63) is 98.6 Å². The van der Waals surface area contributed by atoms with E-state index in [2.05, 4.69) is 10.5 Å². The number of carbonyl (C=O) groups excluding carboxylic acids is 1. The largest absolute Gasteiger partial charge is 0.271 e. The molecule has 3 aromatic carbocycles. The zero-order valence-electron chi connectivity index (χ0n) is 18.3. The van der Waals surface area contributed by atoms with E-state index in [0.717, 1.165) is 21.6 Å². The van der Waals surface area contributed by atoms with E-state index in [-0.39, 0.29) is 21.2 Å². The molecule has 0 bridgehead atoms. The van der Waals surface area contributed by atoms with Gasteiger partial charge in [0, 0.05) is 22.7 Å². The highest BCUT2D eigenvalue weighted by Gasteiger charge is 2.27. The first-order chi connectivity index (χ1) is 16.1. The summed E-state index contributed by atoms with van der Waals surface area (Å²) in [5, 5.41) is 14.9. The molecule has 0 aliphatic rings. The summed E-state index contributed by atoms with van der Waals surface area (Å²) in [6, 6.07) is 16.8. The number of rotatable bonds is 8. The summed E-state index contributed by atoms with van der Waals surface area (Å²) < 4.78 is 27.7. The number of anilines is 1. The Hall–Kier alpha value is -3.76. The second kappa shape index (κ2) is 10.4. The van der Waals surface area contributed by atoms with Crippen molar-refractivity contribution in [2.24, 2.45) is 5.10 Å². The van der Waals surface area contributed by atoms with E-state index in [1.54, 1.807) is 36.4 Å². The van der Waals surface area contributed by atoms with Crippen LogP contribution >= 0.6 is 11.6 Å². The Balaban J connectivity index is 1.84. The van der Waals surface area contributed by atoms with Crippen LogP contribution in [-0.4, -0.2) is 32.0 Å². The topological polar surface area (TPSA) is 122 Å². The molecule has 0 radical (unpaired) electrons. The molecule has 0 aliphatic heterocycles. The Bertz CT molecular complexity index is 1340. The van der Waals surface area contributed by atoms with Gasteiger partial charge in [-0.3, -0.25) is 19.2 Å². The van der Waals surface area contributed by atoms with Gasteiger partial charge in [0.15, 0.2) is 0 Å². The second-order valence-electron chi connectivity index (χ2n) is 7.42. The van der Waals surface area contributed by atoms with Gasteiger partial charge in [-0.05, 0) is 44.2 Å². The number of nitro groups is 1. The third-order valence-electron chi connectivity index (χ3n) is 4.80. The molecule has 0 heterocycles. The lowest BCUT2D eigenvalue weighted by Gasteiger charge is -2.24. The van der Waals surface area contributed by atoms with Crippen molar-refractivity contribution >= 4 is 45.1 Å². The zero-order valence-corrected chi connectivity index (χ0v) is 19.9. The fourth-order valence-corrected chi connectivity index (χ4v) is 4.53. The van der Waals surface area contributed by atoms with Crippen LogP contribution in [0.2, 0.25) is 5.02 Å². The number of non-ortho nitro benzene ring substituents is 1. The quantitative estimate of drug-likeness (QED) is 0.282. The maximum atomic E-state index is 13.3. The molecule has 1 amide bonds. The molecule has 176 valence electrons. The first-order valence-electron chi connectivity index (χ1n) is 10.00. The van der Waals surface area contributed by atoms with Gasteiger partial charge in [-0.1, -0.05) is 47.0 Å². The molecule has 0 fully saturated rings. The van der Waals surface area contributed by atoms with Gasteiger partial charge in [-0.2, -0.15) is 5.10 Å². The van der Waals surface area contributed by atoms with Crippen molar-refractivity contribution in [2.75, 3.05) is 10.8 Å². The number of sulfonamides is 1. The van der Waals surface area contributed by atoms with Crippen LogP contribution in [0.4, 0.5) is 11.4 Å². The van der Waals surface area contributed by atoms with Crippen LogP contribution < -0.4 is 9.73 Å². The van der Waals surface area contributed by atoms with Crippen molar-refractivity contribution in [1.82, 2.24) is 5.43 Å². The molecule has 0 aromatic heterocycles. The van der Waals surface area contributed by atoms with Gasteiger partial charge in [0.05, 0.1) is 21.7 Å². The van der Waals surface area contributed by atoms with Crippen LogP contribution in [0.15, 0.2) is 76.7 Å². The summed E-state index contributed by atoms with van der Waals surface area (Å²) in [6.45, 7) is 3.16. The monoisotopic (exact) mass is 500 g/mol. The average molecular weight is 501 g/mol. The van der Waals surface area contributed by atoms with E-state index in [0.29, 0.717) is 5.69 Å². The predicted octanol–water partition coefficient (Wildman–Crippen LogP) is 4.21. The van der Waals surface area contributed by atoms with E-state index in [9.17, 15) is 23.3 Å². The highest BCUT2D eigenvalue weighted by atomic mass is 35.5. The van der Waals surface area contributed by atoms with E-state index >= 15 is 0 Å². The lowest BCUT2D eigenvalue weighted by atomic mass is 10.2. The maximum absolute atomic E-state index is 13.3. The molecule has 0 atom stereocenters. The fourth-order valence-electron chi connectivity index (χ4n) is 2.95. The molecule has 0 saturated carbocycles. The lowest BCUT2D eigenvalue weighted by Crippen LogP contribution is -2.39. The number of nitrogens with zero attached hydrogens (tertiary/aromatic N) is 3. The van der Waals surface area contributed by atoms with E-state index in [4.69, 9.17) is 11.6 Å². The minimum Gasteiger partial charge on any atom is -0.271 e. The summed E-state index contributed by atoms with van der Waals surface area (Å²) >= 11 is 6.02. The van der Waals surface area contributed by atoms with E-state index in [1.807, 2.05) is 13.8 Å². The average Bonchev–Trinajstić information content (AvgIpc) is 2.79. The molecule has 1 N–H and O–H groups in total. The summed E-state index contributed by atoms with van der Waals surface area (Å²) in [7, 11) is -4.05. The molecule has 0 saturated heterocycles. The Morgan fingerprint density at radius 1 is 1.06 bits per heavy atom. The summed E-state index contributed by atoms with van der Waals surface area (Å²) in [5.74, 6) is -0.714. The molecular weight excluding hydrogens is 480 g/mol. The van der Waals surface area contributed by atoms with E-state index < -0.39 is 27.4 Å². The first-order valence-corrected chi connectivity index (χ1v) is 11.8. The Morgan fingerprint density at radius 2 is 1.65 bits per heavy atom. The number of amides is 1. The number of hydrogen-bond acceptors (Lipinski definition) is 6. The molecule has 9 nitrogen and oxygen atoms in total. The van der Waals surface area contributed by atoms with Gasteiger partial charge in [0.2, 0.25) is 0 Å². The molecular formula is C23H21ClN4O5S. The molecule has 3 aromatic rings. The minimum atomic E-state index is -4.05. The minimum absolute atomic E-state index is 0.0401.